The van der Waals surface area contributed by atoms with Crippen molar-refractivity contribution >= 4 is 23.1 Å². The maximum atomic E-state index is 6.14. The van der Waals surface area contributed by atoms with Crippen molar-refractivity contribution in [3.05, 3.63) is 76.6 Å². The highest BCUT2D eigenvalue weighted by Crippen LogP contribution is 2.29. The van der Waals surface area contributed by atoms with Gasteiger partial charge in [0.05, 0.1) is 25.5 Å². The topological polar surface area (TPSA) is 40.6 Å². The summed E-state index contributed by atoms with van der Waals surface area (Å²) in [5.41, 5.74) is 7.97. The molecule has 1 aromatic heterocycles. The van der Waals surface area contributed by atoms with E-state index in [0.717, 1.165) is 54.0 Å². The van der Waals surface area contributed by atoms with Gasteiger partial charge < -0.3 is 15.1 Å². The number of morpholine rings is 1. The van der Waals surface area contributed by atoms with E-state index in [1.807, 2.05) is 36.7 Å². The van der Waals surface area contributed by atoms with Crippen LogP contribution in [0.15, 0.2) is 54.9 Å². The van der Waals surface area contributed by atoms with Crippen LogP contribution in [-0.2, 0) is 11.3 Å². The molecular weight excluding hydrogens is 360 g/mol. The van der Waals surface area contributed by atoms with Gasteiger partial charge in [-0.25, -0.2) is 4.98 Å². The quantitative estimate of drug-likeness (QED) is 0.872. The molecule has 0 spiro atoms. The van der Waals surface area contributed by atoms with Crippen molar-refractivity contribution in [3.8, 4) is 0 Å². The van der Waals surface area contributed by atoms with Crippen molar-refractivity contribution < 1.29 is 4.74 Å². The standard InChI is InChI=1S/C21H23ClN4O/c1-16-14-18(22)6-7-19(16)20-5-3-9-24-26(20)15-17-4-2-8-23-21(17)25-10-12-27-13-11-25/h2-9,14,24H,10-13,15H2,1H3. The molecule has 27 heavy (non-hydrogen) atoms. The van der Waals surface area contributed by atoms with Gasteiger partial charge in [-0.1, -0.05) is 23.7 Å². The van der Waals surface area contributed by atoms with Crippen LogP contribution in [0.4, 0.5) is 5.82 Å². The molecule has 1 aromatic carbocycles. The van der Waals surface area contributed by atoms with Gasteiger partial charge in [0.1, 0.15) is 5.82 Å². The first kappa shape index (κ1) is 17.9. The van der Waals surface area contributed by atoms with Crippen LogP contribution < -0.4 is 10.3 Å². The fraction of sp³-hybridized carbons (Fsp3) is 0.286. The second-order valence-electron chi connectivity index (χ2n) is 6.67. The summed E-state index contributed by atoms with van der Waals surface area (Å²) in [6.45, 7) is 6.03. The van der Waals surface area contributed by atoms with E-state index in [2.05, 4.69) is 45.5 Å². The van der Waals surface area contributed by atoms with E-state index in [9.17, 15) is 0 Å². The van der Waals surface area contributed by atoms with Crippen molar-refractivity contribution in [3.63, 3.8) is 0 Å². The fourth-order valence-corrected chi connectivity index (χ4v) is 3.72. The summed E-state index contributed by atoms with van der Waals surface area (Å²) in [5.74, 6) is 1.03. The van der Waals surface area contributed by atoms with Gasteiger partial charge >= 0.3 is 0 Å². The molecule has 0 unspecified atom stereocenters. The number of rotatable bonds is 4. The summed E-state index contributed by atoms with van der Waals surface area (Å²) in [6.07, 6.45) is 7.95. The summed E-state index contributed by atoms with van der Waals surface area (Å²) in [4.78, 5) is 6.96. The fourth-order valence-electron chi connectivity index (χ4n) is 3.50. The molecule has 0 radical (unpaired) electrons. The molecule has 1 fully saturated rings. The van der Waals surface area contributed by atoms with Crippen LogP contribution in [-0.4, -0.2) is 36.3 Å². The smallest absolute Gasteiger partial charge is 0.133 e. The number of anilines is 1. The number of nitrogens with one attached hydrogen (secondary N) is 1. The van der Waals surface area contributed by atoms with Crippen molar-refractivity contribution in [1.82, 2.24) is 15.4 Å². The van der Waals surface area contributed by atoms with E-state index < -0.39 is 0 Å². The van der Waals surface area contributed by atoms with Crippen LogP contribution in [0.5, 0.6) is 0 Å². The van der Waals surface area contributed by atoms with E-state index in [1.54, 1.807) is 0 Å². The third-order valence-electron chi connectivity index (χ3n) is 4.84. The number of aryl methyl sites for hydroxylation is 1. The molecular formula is C21H23ClN4O. The Hall–Kier alpha value is -2.50. The molecule has 0 aliphatic carbocycles. The number of ether oxygens (including phenoxy) is 1. The summed E-state index contributed by atoms with van der Waals surface area (Å²) in [5, 5.41) is 2.90. The zero-order chi connectivity index (χ0) is 18.6. The van der Waals surface area contributed by atoms with E-state index in [4.69, 9.17) is 16.3 Å². The normalized spacial score (nSPS) is 16.9. The maximum absolute atomic E-state index is 6.14. The monoisotopic (exact) mass is 382 g/mol. The van der Waals surface area contributed by atoms with Gasteiger partial charge in [-0.05, 0) is 42.8 Å². The Kier molecular flexibility index (Phi) is 5.32. The number of hydrogen-bond acceptors (Lipinski definition) is 5. The molecule has 4 rings (SSSR count). The Labute approximate surface area is 164 Å². The Morgan fingerprint density at radius 2 is 2.07 bits per heavy atom. The summed E-state index contributed by atoms with van der Waals surface area (Å²) in [6, 6.07) is 10.1. The Bertz CT molecular complexity index is 874. The van der Waals surface area contributed by atoms with Gasteiger partial charge in [0.25, 0.3) is 0 Å². The van der Waals surface area contributed by atoms with Gasteiger partial charge in [-0.3, -0.25) is 5.01 Å². The first-order valence-electron chi connectivity index (χ1n) is 9.16. The van der Waals surface area contributed by atoms with Crippen molar-refractivity contribution in [2.45, 2.75) is 13.5 Å². The van der Waals surface area contributed by atoms with Gasteiger partial charge in [0.2, 0.25) is 0 Å². The lowest BCUT2D eigenvalue weighted by atomic mass is 10.0. The van der Waals surface area contributed by atoms with Gasteiger partial charge in [0.15, 0.2) is 0 Å². The lowest BCUT2D eigenvalue weighted by Crippen LogP contribution is -2.39. The van der Waals surface area contributed by atoms with Crippen LogP contribution in [0.1, 0.15) is 16.7 Å². The number of nitrogens with zero attached hydrogens (tertiary/aromatic N) is 3. The number of halogens is 1. The highest BCUT2D eigenvalue weighted by molar-refractivity contribution is 6.30. The molecule has 1 N–H and O–H groups in total. The van der Waals surface area contributed by atoms with Crippen molar-refractivity contribution in [1.29, 1.82) is 0 Å². The van der Waals surface area contributed by atoms with E-state index in [-0.39, 0.29) is 0 Å². The van der Waals surface area contributed by atoms with Crippen LogP contribution >= 0.6 is 11.6 Å². The van der Waals surface area contributed by atoms with Crippen LogP contribution in [0.25, 0.3) is 5.70 Å². The minimum absolute atomic E-state index is 0.707. The molecule has 3 heterocycles. The Balaban J connectivity index is 1.62. The average Bonchev–Trinajstić information content (AvgIpc) is 2.70. The summed E-state index contributed by atoms with van der Waals surface area (Å²) < 4.78 is 5.49. The highest BCUT2D eigenvalue weighted by Gasteiger charge is 2.20. The molecule has 1 saturated heterocycles. The molecule has 2 aliphatic rings. The molecule has 0 bridgehead atoms. The summed E-state index contributed by atoms with van der Waals surface area (Å²) in [7, 11) is 0. The number of allylic oxidation sites excluding steroid dienone is 2. The number of hydrazine groups is 1. The van der Waals surface area contributed by atoms with Gasteiger partial charge in [0, 0.05) is 41.6 Å². The van der Waals surface area contributed by atoms with Gasteiger partial charge in [-0.15, -0.1) is 0 Å². The number of pyridine rings is 1. The first-order chi connectivity index (χ1) is 13.2. The van der Waals surface area contributed by atoms with Crippen molar-refractivity contribution in [2.24, 2.45) is 0 Å². The largest absolute Gasteiger partial charge is 0.378 e. The van der Waals surface area contributed by atoms with E-state index in [1.165, 1.54) is 5.56 Å². The van der Waals surface area contributed by atoms with Crippen LogP contribution in [0, 0.1) is 6.92 Å². The van der Waals surface area contributed by atoms with E-state index in [0.29, 0.717) is 6.54 Å². The maximum Gasteiger partial charge on any atom is 0.133 e. The second-order valence-corrected chi connectivity index (χ2v) is 7.11. The Morgan fingerprint density at radius 3 is 2.89 bits per heavy atom. The zero-order valence-corrected chi connectivity index (χ0v) is 16.1. The van der Waals surface area contributed by atoms with Crippen LogP contribution in [0.2, 0.25) is 5.02 Å². The number of benzene rings is 1. The highest BCUT2D eigenvalue weighted by atomic mass is 35.5. The number of aromatic nitrogens is 1. The first-order valence-corrected chi connectivity index (χ1v) is 9.54. The molecule has 0 saturated carbocycles. The number of hydrogen-bond donors (Lipinski definition) is 1. The summed E-state index contributed by atoms with van der Waals surface area (Å²) >= 11 is 6.14. The Morgan fingerprint density at radius 1 is 1.22 bits per heavy atom. The molecule has 2 aliphatic heterocycles. The molecule has 140 valence electrons. The molecule has 2 aromatic rings. The average molecular weight is 383 g/mol. The lowest BCUT2D eigenvalue weighted by Gasteiger charge is -2.33. The molecule has 0 atom stereocenters. The molecule has 0 amide bonds. The van der Waals surface area contributed by atoms with Gasteiger partial charge in [-0.2, -0.15) is 0 Å². The van der Waals surface area contributed by atoms with E-state index >= 15 is 0 Å². The third-order valence-corrected chi connectivity index (χ3v) is 5.08. The zero-order valence-electron chi connectivity index (χ0n) is 15.4. The predicted octanol–water partition coefficient (Wildman–Crippen LogP) is 3.76. The molecule has 5 nitrogen and oxygen atoms in total. The third kappa shape index (κ3) is 3.94. The molecule has 6 heteroatoms. The minimum Gasteiger partial charge on any atom is -0.378 e. The second kappa shape index (κ2) is 8.03. The van der Waals surface area contributed by atoms with Crippen LogP contribution in [0.3, 0.4) is 0 Å². The SMILES string of the molecule is Cc1cc(Cl)ccc1C1=CC=CNN1Cc1cccnc1N1CCOCC1. The lowest BCUT2D eigenvalue weighted by molar-refractivity contribution is 0.122. The predicted molar refractivity (Wildman–Crippen MR) is 109 cm³/mol. The van der Waals surface area contributed by atoms with Crippen molar-refractivity contribution in [2.75, 3.05) is 31.2 Å². The minimum atomic E-state index is 0.707.